The summed E-state index contributed by atoms with van der Waals surface area (Å²) in [6.07, 6.45) is 3.78. The second kappa shape index (κ2) is 7.63. The lowest BCUT2D eigenvalue weighted by molar-refractivity contribution is 0.0193. The SMILES string of the molecule is O=C1c2ccccc2C(=O)N1c1ccc(Cl)cc1C(O)(c1ccccc1)C1CCCC1. The van der Waals surface area contributed by atoms with Crippen molar-refractivity contribution in [2.75, 3.05) is 4.90 Å². The van der Waals surface area contributed by atoms with Gasteiger partial charge in [0, 0.05) is 10.6 Å². The van der Waals surface area contributed by atoms with E-state index in [1.807, 2.05) is 30.3 Å². The second-order valence-electron chi connectivity index (χ2n) is 8.27. The van der Waals surface area contributed by atoms with E-state index in [0.29, 0.717) is 27.4 Å². The van der Waals surface area contributed by atoms with E-state index < -0.39 is 5.60 Å². The highest BCUT2D eigenvalue weighted by molar-refractivity contribution is 6.35. The summed E-state index contributed by atoms with van der Waals surface area (Å²) in [6.45, 7) is 0. The molecule has 0 aromatic heterocycles. The van der Waals surface area contributed by atoms with E-state index in [1.165, 1.54) is 4.90 Å². The number of carbonyl (C=O) groups is 2. The van der Waals surface area contributed by atoms with Crippen molar-refractivity contribution in [2.24, 2.45) is 5.92 Å². The topological polar surface area (TPSA) is 57.6 Å². The molecule has 2 aliphatic rings. The Balaban J connectivity index is 1.72. The fraction of sp³-hybridized carbons (Fsp3) is 0.231. The predicted molar refractivity (Wildman–Crippen MR) is 120 cm³/mol. The number of rotatable bonds is 4. The third-order valence-corrected chi connectivity index (χ3v) is 6.80. The van der Waals surface area contributed by atoms with E-state index in [1.54, 1.807) is 42.5 Å². The number of fused-ring (bicyclic) bond motifs is 1. The number of anilines is 1. The van der Waals surface area contributed by atoms with Crippen LogP contribution in [0.3, 0.4) is 0 Å². The normalized spacial score (nSPS) is 18.3. The van der Waals surface area contributed by atoms with Gasteiger partial charge in [0.05, 0.1) is 16.8 Å². The number of benzene rings is 3. The van der Waals surface area contributed by atoms with Gasteiger partial charge in [-0.05, 0) is 54.7 Å². The zero-order valence-corrected chi connectivity index (χ0v) is 17.7. The van der Waals surface area contributed by atoms with Crippen LogP contribution in [0.15, 0.2) is 72.8 Å². The van der Waals surface area contributed by atoms with Crippen LogP contribution in [-0.2, 0) is 5.60 Å². The van der Waals surface area contributed by atoms with Gasteiger partial charge in [-0.2, -0.15) is 0 Å². The third kappa shape index (κ3) is 3.10. The Hall–Kier alpha value is -2.95. The third-order valence-electron chi connectivity index (χ3n) is 6.56. The molecule has 5 rings (SSSR count). The van der Waals surface area contributed by atoms with Gasteiger partial charge >= 0.3 is 0 Å². The lowest BCUT2D eigenvalue weighted by atomic mass is 9.74. The van der Waals surface area contributed by atoms with Crippen molar-refractivity contribution in [3.63, 3.8) is 0 Å². The molecule has 0 saturated heterocycles. The fourth-order valence-corrected chi connectivity index (χ4v) is 5.24. The number of hydrogen-bond donors (Lipinski definition) is 1. The first-order chi connectivity index (χ1) is 15.0. The average Bonchev–Trinajstić information content (AvgIpc) is 3.43. The van der Waals surface area contributed by atoms with E-state index in [4.69, 9.17) is 11.6 Å². The molecule has 1 saturated carbocycles. The molecule has 1 heterocycles. The molecule has 3 aromatic rings. The van der Waals surface area contributed by atoms with E-state index in [9.17, 15) is 14.7 Å². The molecule has 156 valence electrons. The van der Waals surface area contributed by atoms with Gasteiger partial charge in [0.1, 0.15) is 5.60 Å². The summed E-state index contributed by atoms with van der Waals surface area (Å²) in [7, 11) is 0. The molecule has 0 spiro atoms. The van der Waals surface area contributed by atoms with Crippen LogP contribution in [0.1, 0.15) is 57.5 Å². The summed E-state index contributed by atoms with van der Waals surface area (Å²) >= 11 is 6.39. The molecule has 2 amide bonds. The van der Waals surface area contributed by atoms with Gasteiger partial charge in [0.2, 0.25) is 0 Å². The summed E-state index contributed by atoms with van der Waals surface area (Å²) in [6, 6.07) is 21.3. The maximum absolute atomic E-state index is 13.2. The Morgan fingerprint density at radius 2 is 1.42 bits per heavy atom. The summed E-state index contributed by atoms with van der Waals surface area (Å²) < 4.78 is 0. The molecule has 4 nitrogen and oxygen atoms in total. The van der Waals surface area contributed by atoms with Gasteiger partial charge in [-0.1, -0.05) is 66.9 Å². The van der Waals surface area contributed by atoms with Crippen LogP contribution in [0.2, 0.25) is 5.02 Å². The van der Waals surface area contributed by atoms with E-state index >= 15 is 0 Å². The number of amides is 2. The molecule has 31 heavy (non-hydrogen) atoms. The van der Waals surface area contributed by atoms with Crippen LogP contribution >= 0.6 is 11.6 Å². The highest BCUT2D eigenvalue weighted by Gasteiger charge is 2.46. The Morgan fingerprint density at radius 3 is 2.03 bits per heavy atom. The van der Waals surface area contributed by atoms with Crippen LogP contribution in [-0.4, -0.2) is 16.9 Å². The quantitative estimate of drug-likeness (QED) is 0.549. The second-order valence-corrected chi connectivity index (χ2v) is 8.70. The van der Waals surface area contributed by atoms with Crippen molar-refractivity contribution in [3.8, 4) is 0 Å². The number of halogens is 1. The molecule has 5 heteroatoms. The minimum Gasteiger partial charge on any atom is -0.380 e. The standard InChI is InChI=1S/C26H22ClNO3/c27-19-14-15-23(28-24(29)20-12-6-7-13-21(20)25(28)30)22(16-19)26(31,18-10-4-5-11-18)17-8-2-1-3-9-17/h1-3,6-9,12-16,18,31H,4-5,10-11H2. The number of imide groups is 1. The van der Waals surface area contributed by atoms with Crippen LogP contribution in [0, 0.1) is 5.92 Å². The molecular formula is C26H22ClNO3. The van der Waals surface area contributed by atoms with Crippen LogP contribution in [0.4, 0.5) is 5.69 Å². The van der Waals surface area contributed by atoms with Gasteiger partial charge in [0.25, 0.3) is 11.8 Å². The molecular weight excluding hydrogens is 410 g/mol. The highest BCUT2D eigenvalue weighted by atomic mass is 35.5. The number of nitrogens with zero attached hydrogens (tertiary/aromatic N) is 1. The van der Waals surface area contributed by atoms with Crippen LogP contribution < -0.4 is 4.90 Å². The summed E-state index contributed by atoms with van der Waals surface area (Å²) in [5, 5.41) is 12.7. The van der Waals surface area contributed by atoms with Crippen LogP contribution in [0.5, 0.6) is 0 Å². The lowest BCUT2D eigenvalue weighted by Gasteiger charge is -2.37. The Morgan fingerprint density at radius 1 is 0.839 bits per heavy atom. The van der Waals surface area contributed by atoms with Gasteiger partial charge < -0.3 is 5.11 Å². The Kier molecular flexibility index (Phi) is 4.92. The minimum atomic E-state index is -1.37. The van der Waals surface area contributed by atoms with Crippen molar-refractivity contribution >= 4 is 29.1 Å². The molecule has 1 atom stereocenters. The fourth-order valence-electron chi connectivity index (χ4n) is 5.06. The first-order valence-electron chi connectivity index (χ1n) is 10.6. The van der Waals surface area contributed by atoms with Crippen LogP contribution in [0.25, 0.3) is 0 Å². The summed E-state index contributed by atoms with van der Waals surface area (Å²) in [5.74, 6) is -0.806. The number of carbonyl (C=O) groups excluding carboxylic acids is 2. The Labute approximate surface area is 186 Å². The van der Waals surface area contributed by atoms with E-state index in [0.717, 1.165) is 31.2 Å². The molecule has 0 bridgehead atoms. The minimum absolute atomic E-state index is 0.0395. The molecule has 0 radical (unpaired) electrons. The van der Waals surface area contributed by atoms with Crippen molar-refractivity contribution < 1.29 is 14.7 Å². The van der Waals surface area contributed by atoms with Gasteiger partial charge in [-0.3, -0.25) is 9.59 Å². The number of hydrogen-bond acceptors (Lipinski definition) is 3. The summed E-state index contributed by atoms with van der Waals surface area (Å²) in [5.41, 5.74) is 0.992. The molecule has 1 fully saturated rings. The van der Waals surface area contributed by atoms with Gasteiger partial charge in [-0.25, -0.2) is 4.90 Å². The molecule has 1 unspecified atom stereocenters. The predicted octanol–water partition coefficient (Wildman–Crippen LogP) is 5.57. The zero-order chi connectivity index (χ0) is 21.6. The van der Waals surface area contributed by atoms with Gasteiger partial charge in [-0.15, -0.1) is 0 Å². The van der Waals surface area contributed by atoms with E-state index in [-0.39, 0.29) is 17.7 Å². The maximum atomic E-state index is 13.2. The molecule has 1 aliphatic heterocycles. The first-order valence-corrected chi connectivity index (χ1v) is 11.0. The maximum Gasteiger partial charge on any atom is 0.266 e. The molecule has 3 aromatic carbocycles. The van der Waals surface area contributed by atoms with E-state index in [2.05, 4.69) is 0 Å². The number of aliphatic hydroxyl groups is 1. The van der Waals surface area contributed by atoms with Crippen molar-refractivity contribution in [1.29, 1.82) is 0 Å². The highest BCUT2D eigenvalue weighted by Crippen LogP contribution is 2.49. The smallest absolute Gasteiger partial charge is 0.266 e. The lowest BCUT2D eigenvalue weighted by Crippen LogP contribution is -2.39. The van der Waals surface area contributed by atoms with Gasteiger partial charge in [0.15, 0.2) is 0 Å². The largest absolute Gasteiger partial charge is 0.380 e. The molecule has 1 aliphatic carbocycles. The first kappa shape index (κ1) is 20.0. The van der Waals surface area contributed by atoms with Crippen molar-refractivity contribution in [3.05, 3.63) is 100 Å². The Bertz CT molecular complexity index is 1140. The molecule has 1 N–H and O–H groups in total. The average molecular weight is 432 g/mol. The van der Waals surface area contributed by atoms with Crippen molar-refractivity contribution in [2.45, 2.75) is 31.3 Å². The van der Waals surface area contributed by atoms with Crippen molar-refractivity contribution in [1.82, 2.24) is 0 Å². The zero-order valence-electron chi connectivity index (χ0n) is 16.9. The monoisotopic (exact) mass is 431 g/mol. The summed E-state index contributed by atoms with van der Waals surface area (Å²) in [4.78, 5) is 27.6.